The van der Waals surface area contributed by atoms with E-state index in [1.165, 1.54) is 0 Å². The number of halogens is 1. The zero-order valence-electron chi connectivity index (χ0n) is 15.3. The standard InChI is InChI=1S/C23H18BrN3O/c1-28-22-9-5-2-6-17(22)21-14-19(15-10-12-16(24)13-11-15)26-23-25-18-7-3-4-8-20(18)27(21)23/h2-14,21H,1H3,(H,25,26). The van der Waals surface area contributed by atoms with E-state index < -0.39 is 0 Å². The molecule has 138 valence electrons. The van der Waals surface area contributed by atoms with Crippen molar-refractivity contribution in [2.75, 3.05) is 12.4 Å². The van der Waals surface area contributed by atoms with Crippen molar-refractivity contribution in [3.05, 3.63) is 94.5 Å². The van der Waals surface area contributed by atoms with Gasteiger partial charge in [0.1, 0.15) is 5.75 Å². The highest BCUT2D eigenvalue weighted by molar-refractivity contribution is 9.10. The first-order valence-electron chi connectivity index (χ1n) is 9.09. The van der Waals surface area contributed by atoms with Crippen LogP contribution < -0.4 is 10.1 Å². The van der Waals surface area contributed by atoms with Crippen LogP contribution in [0.3, 0.4) is 0 Å². The molecule has 4 aromatic rings. The average molecular weight is 432 g/mol. The van der Waals surface area contributed by atoms with Gasteiger partial charge in [0.25, 0.3) is 0 Å². The topological polar surface area (TPSA) is 39.1 Å². The summed E-state index contributed by atoms with van der Waals surface area (Å²) < 4.78 is 8.96. The smallest absolute Gasteiger partial charge is 0.209 e. The Bertz CT molecular complexity index is 1190. The Morgan fingerprint density at radius 2 is 1.71 bits per heavy atom. The van der Waals surface area contributed by atoms with Crippen LogP contribution in [0.5, 0.6) is 5.75 Å². The number of anilines is 1. The molecule has 3 aromatic carbocycles. The highest BCUT2D eigenvalue weighted by atomic mass is 79.9. The summed E-state index contributed by atoms with van der Waals surface area (Å²) in [4.78, 5) is 4.84. The Kier molecular flexibility index (Phi) is 4.17. The van der Waals surface area contributed by atoms with Gasteiger partial charge in [0.2, 0.25) is 5.95 Å². The first-order chi connectivity index (χ1) is 13.7. The SMILES string of the molecule is COc1ccccc1C1C=C(c2ccc(Br)cc2)Nc2nc3ccccc3n21. The molecule has 0 amide bonds. The van der Waals surface area contributed by atoms with Crippen molar-refractivity contribution in [2.24, 2.45) is 0 Å². The van der Waals surface area contributed by atoms with Gasteiger partial charge in [0.15, 0.2) is 0 Å². The number of aromatic nitrogens is 2. The first kappa shape index (κ1) is 17.1. The molecule has 1 atom stereocenters. The van der Waals surface area contributed by atoms with Gasteiger partial charge in [-0.05, 0) is 42.0 Å². The summed E-state index contributed by atoms with van der Waals surface area (Å²) in [7, 11) is 1.71. The zero-order chi connectivity index (χ0) is 19.1. The zero-order valence-corrected chi connectivity index (χ0v) is 16.8. The van der Waals surface area contributed by atoms with E-state index in [2.05, 4.69) is 56.2 Å². The molecule has 1 unspecified atom stereocenters. The quantitative estimate of drug-likeness (QED) is 0.441. The van der Waals surface area contributed by atoms with Gasteiger partial charge in [-0.25, -0.2) is 4.98 Å². The van der Waals surface area contributed by atoms with Gasteiger partial charge in [0.05, 0.1) is 24.2 Å². The number of benzene rings is 3. The van der Waals surface area contributed by atoms with Crippen LogP contribution in [0.4, 0.5) is 5.95 Å². The number of para-hydroxylation sites is 3. The maximum absolute atomic E-state index is 5.67. The molecular formula is C23H18BrN3O. The van der Waals surface area contributed by atoms with Crippen LogP contribution in [0.2, 0.25) is 0 Å². The lowest BCUT2D eigenvalue weighted by atomic mass is 10.00. The predicted molar refractivity (Wildman–Crippen MR) is 117 cm³/mol. The number of rotatable bonds is 3. The maximum Gasteiger partial charge on any atom is 0.209 e. The fourth-order valence-corrected chi connectivity index (χ4v) is 4.01. The minimum Gasteiger partial charge on any atom is -0.496 e. The Morgan fingerprint density at radius 1 is 0.964 bits per heavy atom. The molecule has 28 heavy (non-hydrogen) atoms. The molecule has 5 heteroatoms. The van der Waals surface area contributed by atoms with Gasteiger partial charge in [-0.2, -0.15) is 0 Å². The first-order valence-corrected chi connectivity index (χ1v) is 9.88. The lowest BCUT2D eigenvalue weighted by Gasteiger charge is -2.27. The minimum absolute atomic E-state index is 0.0292. The minimum atomic E-state index is -0.0292. The van der Waals surface area contributed by atoms with Crippen molar-refractivity contribution >= 4 is 38.6 Å². The molecule has 0 saturated carbocycles. The Balaban J connectivity index is 1.74. The van der Waals surface area contributed by atoms with Crippen LogP contribution in [0.25, 0.3) is 16.7 Å². The molecule has 0 bridgehead atoms. The molecule has 0 saturated heterocycles. The summed E-state index contributed by atoms with van der Waals surface area (Å²) in [5.41, 5.74) is 5.31. The molecule has 0 aliphatic carbocycles. The van der Waals surface area contributed by atoms with E-state index >= 15 is 0 Å². The third-order valence-electron chi connectivity index (χ3n) is 5.06. The molecule has 5 rings (SSSR count). The van der Waals surface area contributed by atoms with E-state index in [0.29, 0.717) is 0 Å². The molecule has 0 radical (unpaired) electrons. The van der Waals surface area contributed by atoms with Crippen LogP contribution in [0.15, 0.2) is 83.3 Å². The van der Waals surface area contributed by atoms with Gasteiger partial charge < -0.3 is 10.1 Å². The van der Waals surface area contributed by atoms with Gasteiger partial charge in [-0.1, -0.05) is 58.4 Å². The monoisotopic (exact) mass is 431 g/mol. The summed E-state index contributed by atoms with van der Waals surface area (Å²) in [6.07, 6.45) is 2.24. The number of fused-ring (bicyclic) bond motifs is 3. The van der Waals surface area contributed by atoms with Crippen molar-refractivity contribution in [2.45, 2.75) is 6.04 Å². The Labute approximate surface area is 171 Å². The summed E-state index contributed by atoms with van der Waals surface area (Å²) >= 11 is 3.51. The Hall–Kier alpha value is -3.05. The maximum atomic E-state index is 5.67. The second-order valence-electron chi connectivity index (χ2n) is 6.69. The molecule has 2 heterocycles. The molecule has 4 nitrogen and oxygen atoms in total. The number of methoxy groups -OCH3 is 1. The third-order valence-corrected chi connectivity index (χ3v) is 5.59. The van der Waals surface area contributed by atoms with Gasteiger partial charge in [-0.15, -0.1) is 0 Å². The number of hydrogen-bond acceptors (Lipinski definition) is 3. The second kappa shape index (κ2) is 6.84. The molecule has 1 aromatic heterocycles. The lowest BCUT2D eigenvalue weighted by molar-refractivity contribution is 0.406. The largest absolute Gasteiger partial charge is 0.496 e. The van der Waals surface area contributed by atoms with Crippen molar-refractivity contribution in [1.29, 1.82) is 0 Å². The third kappa shape index (κ3) is 2.79. The summed E-state index contributed by atoms with van der Waals surface area (Å²) in [5.74, 6) is 1.70. The fourth-order valence-electron chi connectivity index (χ4n) is 3.75. The molecule has 1 aliphatic rings. The Morgan fingerprint density at radius 3 is 2.54 bits per heavy atom. The highest BCUT2D eigenvalue weighted by Crippen LogP contribution is 2.39. The highest BCUT2D eigenvalue weighted by Gasteiger charge is 2.27. The number of nitrogens with zero attached hydrogens (tertiary/aromatic N) is 2. The second-order valence-corrected chi connectivity index (χ2v) is 7.61. The number of hydrogen-bond donors (Lipinski definition) is 1. The molecule has 1 N–H and O–H groups in total. The van der Waals surface area contributed by atoms with E-state index in [1.54, 1.807) is 7.11 Å². The van der Waals surface area contributed by atoms with E-state index in [0.717, 1.165) is 44.0 Å². The number of imidazole rings is 1. The van der Waals surface area contributed by atoms with Gasteiger partial charge in [0, 0.05) is 15.7 Å². The number of nitrogens with one attached hydrogen (secondary N) is 1. The van der Waals surface area contributed by atoms with Crippen LogP contribution in [0.1, 0.15) is 17.2 Å². The van der Waals surface area contributed by atoms with Gasteiger partial charge >= 0.3 is 0 Å². The molecule has 1 aliphatic heterocycles. The lowest BCUT2D eigenvalue weighted by Crippen LogP contribution is -2.19. The summed E-state index contributed by atoms with van der Waals surface area (Å²) in [6.45, 7) is 0. The molecular weight excluding hydrogens is 414 g/mol. The molecule has 0 fully saturated rings. The van der Waals surface area contributed by atoms with E-state index in [9.17, 15) is 0 Å². The van der Waals surface area contributed by atoms with Gasteiger partial charge in [-0.3, -0.25) is 4.57 Å². The summed E-state index contributed by atoms with van der Waals surface area (Å²) in [6, 6.07) is 24.6. The van der Waals surface area contributed by atoms with Crippen LogP contribution >= 0.6 is 15.9 Å². The van der Waals surface area contributed by atoms with Crippen LogP contribution in [0, 0.1) is 0 Å². The van der Waals surface area contributed by atoms with Crippen molar-refractivity contribution in [1.82, 2.24) is 9.55 Å². The van der Waals surface area contributed by atoms with Crippen molar-refractivity contribution in [3.63, 3.8) is 0 Å². The normalized spacial score (nSPS) is 15.6. The predicted octanol–water partition coefficient (Wildman–Crippen LogP) is 5.86. The average Bonchev–Trinajstić information content (AvgIpc) is 3.12. The van der Waals surface area contributed by atoms with Crippen molar-refractivity contribution < 1.29 is 4.74 Å². The fraction of sp³-hybridized carbons (Fsp3) is 0.0870. The van der Waals surface area contributed by atoms with E-state index in [-0.39, 0.29) is 6.04 Å². The van der Waals surface area contributed by atoms with Crippen LogP contribution in [-0.2, 0) is 0 Å². The van der Waals surface area contributed by atoms with E-state index in [1.807, 2.05) is 48.5 Å². The van der Waals surface area contributed by atoms with Crippen LogP contribution in [-0.4, -0.2) is 16.7 Å². The number of allylic oxidation sites excluding steroid dienone is 1. The van der Waals surface area contributed by atoms with E-state index in [4.69, 9.17) is 9.72 Å². The summed E-state index contributed by atoms with van der Waals surface area (Å²) in [5, 5.41) is 3.52. The molecule has 0 spiro atoms. The van der Waals surface area contributed by atoms with Crippen molar-refractivity contribution in [3.8, 4) is 5.75 Å². The number of ether oxygens (including phenoxy) is 1.